The maximum absolute atomic E-state index is 14.7. The van der Waals surface area contributed by atoms with Crippen LogP contribution in [0, 0.1) is 11.6 Å². The van der Waals surface area contributed by atoms with E-state index in [2.05, 4.69) is 9.98 Å². The van der Waals surface area contributed by atoms with E-state index in [0.29, 0.717) is 13.1 Å². The topological polar surface area (TPSA) is 107 Å². The molecule has 0 unspecified atom stereocenters. The van der Waals surface area contributed by atoms with Crippen LogP contribution in [0.1, 0.15) is 5.56 Å². The SMILES string of the molecule is NC(N)=NC(=O)OCc1cccc(-c2cnc(N3CC(Cl)C3)c(F)c2)c1F. The van der Waals surface area contributed by atoms with E-state index in [-0.39, 0.29) is 34.5 Å². The molecule has 1 aromatic heterocycles. The van der Waals surface area contributed by atoms with Gasteiger partial charge in [-0.1, -0.05) is 18.2 Å². The van der Waals surface area contributed by atoms with Gasteiger partial charge < -0.3 is 21.1 Å². The second kappa shape index (κ2) is 7.75. The van der Waals surface area contributed by atoms with Crippen LogP contribution in [0.25, 0.3) is 11.1 Å². The number of hydrogen-bond donors (Lipinski definition) is 2. The molecule has 27 heavy (non-hydrogen) atoms. The lowest BCUT2D eigenvalue weighted by Crippen LogP contribution is -2.48. The molecule has 0 radical (unpaired) electrons. The number of rotatable bonds is 4. The predicted octanol–water partition coefficient (Wildman–Crippen LogP) is 2.36. The fourth-order valence-corrected chi connectivity index (χ4v) is 2.93. The van der Waals surface area contributed by atoms with Gasteiger partial charge in [-0.15, -0.1) is 16.6 Å². The maximum atomic E-state index is 14.7. The van der Waals surface area contributed by atoms with Gasteiger partial charge in [0.25, 0.3) is 0 Å². The van der Waals surface area contributed by atoms with Gasteiger partial charge in [-0.05, 0) is 6.07 Å². The van der Waals surface area contributed by atoms with Gasteiger partial charge in [-0.3, -0.25) is 0 Å². The van der Waals surface area contributed by atoms with Crippen molar-refractivity contribution in [3.05, 3.63) is 47.7 Å². The normalized spacial score (nSPS) is 13.8. The van der Waals surface area contributed by atoms with Gasteiger partial charge >= 0.3 is 6.09 Å². The van der Waals surface area contributed by atoms with Crippen LogP contribution in [0.2, 0.25) is 0 Å². The molecule has 0 aliphatic carbocycles. The van der Waals surface area contributed by atoms with Gasteiger partial charge in [-0.25, -0.2) is 18.6 Å². The number of ether oxygens (including phenoxy) is 1. The summed E-state index contributed by atoms with van der Waals surface area (Å²) in [6.07, 6.45) is 0.345. The van der Waals surface area contributed by atoms with Crippen molar-refractivity contribution in [2.75, 3.05) is 18.0 Å². The van der Waals surface area contributed by atoms with Gasteiger partial charge in [0.15, 0.2) is 17.6 Å². The van der Waals surface area contributed by atoms with Crippen LogP contribution < -0.4 is 16.4 Å². The molecule has 1 aliphatic rings. The number of benzene rings is 1. The van der Waals surface area contributed by atoms with E-state index in [1.165, 1.54) is 24.4 Å². The molecule has 3 rings (SSSR count). The second-order valence-corrected chi connectivity index (χ2v) is 6.52. The molecule has 2 aromatic rings. The first kappa shape index (κ1) is 18.8. The summed E-state index contributed by atoms with van der Waals surface area (Å²) in [6, 6.07) is 5.67. The van der Waals surface area contributed by atoms with Crippen molar-refractivity contribution in [3.8, 4) is 11.1 Å². The van der Waals surface area contributed by atoms with Crippen molar-refractivity contribution in [2.24, 2.45) is 16.5 Å². The summed E-state index contributed by atoms with van der Waals surface area (Å²) >= 11 is 5.89. The quantitative estimate of drug-likeness (QED) is 0.467. The molecule has 2 heterocycles. The minimum absolute atomic E-state index is 0.0262. The summed E-state index contributed by atoms with van der Waals surface area (Å²) in [7, 11) is 0. The maximum Gasteiger partial charge on any atom is 0.437 e. The first-order valence-corrected chi connectivity index (χ1v) is 8.37. The highest BCUT2D eigenvalue weighted by Crippen LogP contribution is 2.30. The van der Waals surface area contributed by atoms with Gasteiger partial charge in [0.2, 0.25) is 0 Å². The summed E-state index contributed by atoms with van der Waals surface area (Å²) in [5, 5.41) is -0.0262. The Morgan fingerprint density at radius 1 is 1.37 bits per heavy atom. The Balaban J connectivity index is 1.80. The van der Waals surface area contributed by atoms with Crippen molar-refractivity contribution in [1.82, 2.24) is 4.98 Å². The Bertz CT molecular complexity index is 899. The monoisotopic (exact) mass is 395 g/mol. The van der Waals surface area contributed by atoms with Gasteiger partial charge in [0.1, 0.15) is 12.4 Å². The number of nitrogens with two attached hydrogens (primary N) is 2. The van der Waals surface area contributed by atoms with Crippen molar-refractivity contribution in [2.45, 2.75) is 12.0 Å². The van der Waals surface area contributed by atoms with Crippen LogP contribution in [-0.2, 0) is 11.3 Å². The molecule has 142 valence electrons. The molecule has 7 nitrogen and oxygen atoms in total. The minimum Gasteiger partial charge on any atom is -0.443 e. The number of carbonyl (C=O) groups excluding carboxylic acids is 1. The molecular formula is C17H16ClF2N5O2. The lowest BCUT2D eigenvalue weighted by molar-refractivity contribution is 0.149. The van der Waals surface area contributed by atoms with E-state index in [1.54, 1.807) is 11.0 Å². The number of aliphatic imine (C=N–C) groups is 1. The zero-order chi connectivity index (χ0) is 19.6. The van der Waals surface area contributed by atoms with Crippen molar-refractivity contribution < 1.29 is 18.3 Å². The number of anilines is 1. The van der Waals surface area contributed by atoms with Crippen LogP contribution in [0.3, 0.4) is 0 Å². The molecule has 1 saturated heterocycles. The number of hydrogen-bond acceptors (Lipinski definition) is 4. The molecule has 1 aromatic carbocycles. The third-order valence-corrected chi connectivity index (χ3v) is 4.20. The smallest absolute Gasteiger partial charge is 0.437 e. The van der Waals surface area contributed by atoms with Gasteiger partial charge in [0.05, 0.1) is 5.38 Å². The molecule has 4 N–H and O–H groups in total. The standard InChI is InChI=1S/C17H16ClF2N5O2/c18-11-6-25(7-11)15-13(19)4-10(5-23-15)12-3-1-2-9(14(12)20)8-27-17(26)24-16(21)22/h1-5,11H,6-8H2,(H4,21,22,24,26). The Labute approximate surface area is 158 Å². The van der Waals surface area contributed by atoms with E-state index in [4.69, 9.17) is 27.8 Å². The Kier molecular flexibility index (Phi) is 5.41. The van der Waals surface area contributed by atoms with Crippen LogP contribution in [0.5, 0.6) is 0 Å². The Morgan fingerprint density at radius 2 is 2.11 bits per heavy atom. The van der Waals surface area contributed by atoms with E-state index >= 15 is 0 Å². The average molecular weight is 396 g/mol. The minimum atomic E-state index is -1.04. The third kappa shape index (κ3) is 4.25. The van der Waals surface area contributed by atoms with E-state index in [0.717, 1.165) is 0 Å². The van der Waals surface area contributed by atoms with Crippen LogP contribution >= 0.6 is 11.6 Å². The molecular weight excluding hydrogens is 380 g/mol. The molecule has 1 fully saturated rings. The zero-order valence-corrected chi connectivity index (χ0v) is 14.8. The lowest BCUT2D eigenvalue weighted by Gasteiger charge is -2.36. The molecule has 0 spiro atoms. The summed E-state index contributed by atoms with van der Waals surface area (Å²) in [6.45, 7) is 0.639. The lowest BCUT2D eigenvalue weighted by atomic mass is 10.0. The number of pyridine rings is 1. The molecule has 0 atom stereocenters. The van der Waals surface area contributed by atoms with E-state index in [9.17, 15) is 13.6 Å². The molecule has 0 bridgehead atoms. The number of aromatic nitrogens is 1. The highest BCUT2D eigenvalue weighted by molar-refractivity contribution is 6.22. The number of guanidine groups is 1. The number of halogens is 3. The van der Waals surface area contributed by atoms with Crippen LogP contribution in [-0.4, -0.2) is 35.5 Å². The summed E-state index contributed by atoms with van der Waals surface area (Å²) in [4.78, 5) is 20.3. The Hall–Kier alpha value is -2.94. The number of nitrogens with zero attached hydrogens (tertiary/aromatic N) is 3. The third-order valence-electron chi connectivity index (χ3n) is 3.92. The van der Waals surface area contributed by atoms with Crippen molar-refractivity contribution in [3.63, 3.8) is 0 Å². The molecule has 1 aliphatic heterocycles. The summed E-state index contributed by atoms with van der Waals surface area (Å²) in [5.74, 6) is -1.51. The highest BCUT2D eigenvalue weighted by Gasteiger charge is 2.28. The van der Waals surface area contributed by atoms with Gasteiger partial charge in [-0.2, -0.15) is 0 Å². The van der Waals surface area contributed by atoms with Crippen molar-refractivity contribution in [1.29, 1.82) is 0 Å². The Morgan fingerprint density at radius 3 is 2.74 bits per heavy atom. The number of amides is 1. The van der Waals surface area contributed by atoms with Crippen molar-refractivity contribution >= 4 is 29.5 Å². The molecule has 10 heteroatoms. The van der Waals surface area contributed by atoms with Crippen LogP contribution in [0.15, 0.2) is 35.5 Å². The second-order valence-electron chi connectivity index (χ2n) is 5.90. The fraction of sp³-hybridized carbons (Fsp3) is 0.235. The summed E-state index contributed by atoms with van der Waals surface area (Å²) in [5.41, 5.74) is 10.6. The molecule has 1 amide bonds. The van der Waals surface area contributed by atoms with Gasteiger partial charge in [0, 0.05) is 36.0 Å². The predicted molar refractivity (Wildman–Crippen MR) is 97.4 cm³/mol. The van der Waals surface area contributed by atoms with E-state index < -0.39 is 23.7 Å². The fourth-order valence-electron chi connectivity index (χ4n) is 2.60. The zero-order valence-electron chi connectivity index (χ0n) is 14.0. The average Bonchev–Trinajstić information content (AvgIpc) is 2.58. The number of alkyl halides is 1. The number of carbonyl (C=O) groups is 1. The first-order chi connectivity index (χ1) is 12.8. The van der Waals surface area contributed by atoms with E-state index in [1.807, 2.05) is 0 Å². The first-order valence-electron chi connectivity index (χ1n) is 7.94. The molecule has 0 saturated carbocycles. The summed E-state index contributed by atoms with van der Waals surface area (Å²) < 4.78 is 33.9. The van der Waals surface area contributed by atoms with Crippen LogP contribution in [0.4, 0.5) is 19.4 Å². The highest BCUT2D eigenvalue weighted by atomic mass is 35.5. The largest absolute Gasteiger partial charge is 0.443 e.